The Labute approximate surface area is 77.3 Å². The molecule has 5 nitrogen and oxygen atoms in total. The van der Waals surface area contributed by atoms with Crippen molar-refractivity contribution in [2.75, 3.05) is 32.8 Å². The highest BCUT2D eigenvalue weighted by Gasteiger charge is 2.26. The van der Waals surface area contributed by atoms with Crippen LogP contribution in [0.2, 0.25) is 0 Å². The molecule has 76 valence electrons. The number of carbonyl (C=O) groups is 1. The summed E-state index contributed by atoms with van der Waals surface area (Å²) in [6.45, 7) is 1.55. The first-order chi connectivity index (χ1) is 6.29. The molecule has 1 rings (SSSR count). The van der Waals surface area contributed by atoms with E-state index in [1.54, 1.807) is 4.90 Å². The Hall–Kier alpha value is -0.650. The number of nitrogens with one attached hydrogen (secondary N) is 1. The minimum absolute atomic E-state index is 0.00116. The van der Waals surface area contributed by atoms with E-state index in [9.17, 15) is 4.79 Å². The molecule has 1 amide bonds. The molecule has 0 aromatic rings. The molecule has 1 aliphatic heterocycles. The van der Waals surface area contributed by atoms with E-state index in [4.69, 9.17) is 10.2 Å². The highest BCUT2D eigenvalue weighted by atomic mass is 16.3. The Morgan fingerprint density at radius 2 is 2.31 bits per heavy atom. The lowest BCUT2D eigenvalue weighted by Gasteiger charge is -2.34. The average molecular weight is 188 g/mol. The summed E-state index contributed by atoms with van der Waals surface area (Å²) in [4.78, 5) is 13.0. The van der Waals surface area contributed by atoms with Gasteiger partial charge >= 0.3 is 0 Å². The zero-order chi connectivity index (χ0) is 9.68. The van der Waals surface area contributed by atoms with Crippen molar-refractivity contribution >= 4 is 5.91 Å². The predicted molar refractivity (Wildman–Crippen MR) is 47.2 cm³/mol. The Morgan fingerprint density at radius 3 is 2.92 bits per heavy atom. The van der Waals surface area contributed by atoms with Crippen molar-refractivity contribution < 1.29 is 15.0 Å². The van der Waals surface area contributed by atoms with E-state index in [0.717, 1.165) is 0 Å². The molecule has 1 aliphatic rings. The minimum Gasteiger partial charge on any atom is -0.396 e. The third kappa shape index (κ3) is 2.65. The summed E-state index contributed by atoms with van der Waals surface area (Å²) in [7, 11) is 0. The molecule has 1 heterocycles. The summed E-state index contributed by atoms with van der Waals surface area (Å²) in [6.07, 6.45) is 0.572. The SMILES string of the molecule is O=C1CNCC(CO)N1CCCO. The molecule has 1 atom stereocenters. The number of hydrogen-bond acceptors (Lipinski definition) is 4. The normalized spacial score (nSPS) is 23.7. The number of amides is 1. The Bertz CT molecular complexity index is 175. The van der Waals surface area contributed by atoms with E-state index in [2.05, 4.69) is 5.32 Å². The predicted octanol–water partition coefficient (Wildman–Crippen LogP) is -1.84. The maximum absolute atomic E-state index is 11.3. The van der Waals surface area contributed by atoms with E-state index in [1.807, 2.05) is 0 Å². The van der Waals surface area contributed by atoms with Crippen LogP contribution in [-0.4, -0.2) is 59.9 Å². The van der Waals surface area contributed by atoms with Gasteiger partial charge in [0.1, 0.15) is 0 Å². The number of nitrogens with zero attached hydrogens (tertiary/aromatic N) is 1. The van der Waals surface area contributed by atoms with Crippen molar-refractivity contribution in [3.05, 3.63) is 0 Å². The van der Waals surface area contributed by atoms with Gasteiger partial charge in [-0.15, -0.1) is 0 Å². The average Bonchev–Trinajstić information content (AvgIpc) is 2.15. The van der Waals surface area contributed by atoms with Gasteiger partial charge in [-0.1, -0.05) is 0 Å². The molecule has 1 fully saturated rings. The molecule has 5 heteroatoms. The van der Waals surface area contributed by atoms with Gasteiger partial charge in [0, 0.05) is 19.7 Å². The first kappa shape index (κ1) is 10.4. The van der Waals surface area contributed by atoms with Crippen LogP contribution < -0.4 is 5.32 Å². The molecule has 3 N–H and O–H groups in total. The van der Waals surface area contributed by atoms with Crippen LogP contribution >= 0.6 is 0 Å². The Morgan fingerprint density at radius 1 is 1.54 bits per heavy atom. The van der Waals surface area contributed by atoms with Gasteiger partial charge in [0.15, 0.2) is 0 Å². The maximum Gasteiger partial charge on any atom is 0.236 e. The summed E-state index contributed by atoms with van der Waals surface area (Å²) < 4.78 is 0. The van der Waals surface area contributed by atoms with Crippen LogP contribution in [0.1, 0.15) is 6.42 Å². The van der Waals surface area contributed by atoms with Gasteiger partial charge in [-0.2, -0.15) is 0 Å². The van der Waals surface area contributed by atoms with Gasteiger partial charge in [0.2, 0.25) is 5.91 Å². The van der Waals surface area contributed by atoms with Gasteiger partial charge in [-0.3, -0.25) is 4.79 Å². The Kier molecular flexibility index (Phi) is 4.14. The number of piperazine rings is 1. The zero-order valence-corrected chi connectivity index (χ0v) is 7.57. The van der Waals surface area contributed by atoms with Crippen molar-refractivity contribution in [3.8, 4) is 0 Å². The molecule has 0 bridgehead atoms. The topological polar surface area (TPSA) is 72.8 Å². The molecule has 1 saturated heterocycles. The van der Waals surface area contributed by atoms with Crippen LogP contribution in [0.15, 0.2) is 0 Å². The lowest BCUT2D eigenvalue weighted by Crippen LogP contribution is -2.56. The highest BCUT2D eigenvalue weighted by molar-refractivity contribution is 5.79. The molecule has 0 aromatic heterocycles. The van der Waals surface area contributed by atoms with Gasteiger partial charge in [-0.05, 0) is 6.42 Å². The molecule has 13 heavy (non-hydrogen) atoms. The standard InChI is InChI=1S/C8H16N2O3/c11-3-1-2-10-7(6-12)4-9-5-8(10)13/h7,9,11-12H,1-6H2. The largest absolute Gasteiger partial charge is 0.396 e. The van der Waals surface area contributed by atoms with Crippen LogP contribution in [0.3, 0.4) is 0 Å². The zero-order valence-electron chi connectivity index (χ0n) is 7.57. The van der Waals surface area contributed by atoms with E-state index >= 15 is 0 Å². The maximum atomic E-state index is 11.3. The summed E-state index contributed by atoms with van der Waals surface area (Å²) in [6, 6.07) is -0.132. The highest BCUT2D eigenvalue weighted by Crippen LogP contribution is 2.04. The monoisotopic (exact) mass is 188 g/mol. The van der Waals surface area contributed by atoms with Gasteiger partial charge in [0.25, 0.3) is 0 Å². The molecule has 0 radical (unpaired) electrons. The second kappa shape index (κ2) is 5.16. The molecule has 0 aromatic carbocycles. The smallest absolute Gasteiger partial charge is 0.236 e. The number of aliphatic hydroxyl groups is 2. The minimum atomic E-state index is -0.132. The second-order valence-corrected chi connectivity index (χ2v) is 3.13. The molecule has 0 saturated carbocycles. The summed E-state index contributed by atoms with van der Waals surface area (Å²) >= 11 is 0. The Balaban J connectivity index is 2.46. The van der Waals surface area contributed by atoms with E-state index < -0.39 is 0 Å². The first-order valence-corrected chi connectivity index (χ1v) is 4.51. The van der Waals surface area contributed by atoms with Crippen molar-refractivity contribution in [2.45, 2.75) is 12.5 Å². The van der Waals surface area contributed by atoms with Crippen LogP contribution in [0, 0.1) is 0 Å². The van der Waals surface area contributed by atoms with Gasteiger partial charge in [-0.25, -0.2) is 0 Å². The van der Waals surface area contributed by atoms with E-state index in [1.165, 1.54) is 0 Å². The lowest BCUT2D eigenvalue weighted by molar-refractivity contribution is -0.136. The molecule has 1 unspecified atom stereocenters. The molecular formula is C8H16N2O3. The number of rotatable bonds is 4. The summed E-state index contributed by atoms with van der Waals surface area (Å²) in [5.41, 5.74) is 0. The quantitative estimate of drug-likeness (QED) is 0.485. The fraction of sp³-hybridized carbons (Fsp3) is 0.875. The van der Waals surface area contributed by atoms with E-state index in [-0.39, 0.29) is 25.2 Å². The number of aliphatic hydroxyl groups excluding tert-OH is 2. The second-order valence-electron chi connectivity index (χ2n) is 3.13. The van der Waals surface area contributed by atoms with Crippen LogP contribution in [-0.2, 0) is 4.79 Å². The molecular weight excluding hydrogens is 172 g/mol. The van der Waals surface area contributed by atoms with Gasteiger partial charge < -0.3 is 20.4 Å². The number of hydrogen-bond donors (Lipinski definition) is 3. The van der Waals surface area contributed by atoms with Crippen LogP contribution in [0.25, 0.3) is 0 Å². The van der Waals surface area contributed by atoms with Gasteiger partial charge in [0.05, 0.1) is 19.2 Å². The van der Waals surface area contributed by atoms with Crippen LogP contribution in [0.4, 0.5) is 0 Å². The summed E-state index contributed by atoms with van der Waals surface area (Å²) in [5, 5.41) is 20.5. The number of carbonyl (C=O) groups excluding carboxylic acids is 1. The third-order valence-corrected chi connectivity index (χ3v) is 2.19. The summed E-state index contributed by atoms with van der Waals surface area (Å²) in [5.74, 6) is -0.00116. The van der Waals surface area contributed by atoms with Crippen molar-refractivity contribution in [2.24, 2.45) is 0 Å². The fourth-order valence-electron chi connectivity index (χ4n) is 1.47. The van der Waals surface area contributed by atoms with Crippen molar-refractivity contribution in [1.29, 1.82) is 0 Å². The molecule has 0 spiro atoms. The molecule has 0 aliphatic carbocycles. The van der Waals surface area contributed by atoms with E-state index in [0.29, 0.717) is 26.1 Å². The lowest BCUT2D eigenvalue weighted by atomic mass is 10.2. The van der Waals surface area contributed by atoms with Crippen molar-refractivity contribution in [1.82, 2.24) is 10.2 Å². The van der Waals surface area contributed by atoms with Crippen molar-refractivity contribution in [3.63, 3.8) is 0 Å². The van der Waals surface area contributed by atoms with Crippen LogP contribution in [0.5, 0.6) is 0 Å². The third-order valence-electron chi connectivity index (χ3n) is 2.19. The first-order valence-electron chi connectivity index (χ1n) is 4.51. The fourth-order valence-corrected chi connectivity index (χ4v) is 1.47.